The zero-order chi connectivity index (χ0) is 20.1. The zero-order valence-electron chi connectivity index (χ0n) is 15.7. The van der Waals surface area contributed by atoms with Gasteiger partial charge in [-0.1, -0.05) is 41.6 Å². The molecule has 1 amide bonds. The third-order valence-electron chi connectivity index (χ3n) is 4.08. The van der Waals surface area contributed by atoms with Crippen LogP contribution in [0.2, 0.25) is 5.02 Å². The molecule has 3 rings (SSSR count). The van der Waals surface area contributed by atoms with Crippen LogP contribution in [0.3, 0.4) is 0 Å². The highest BCUT2D eigenvalue weighted by Crippen LogP contribution is 2.27. The number of aryl methyl sites for hydroxylation is 1. The Bertz CT molecular complexity index is 961. The minimum atomic E-state index is -0.127. The number of hydrogen-bond donors (Lipinski definition) is 1. The van der Waals surface area contributed by atoms with Gasteiger partial charge in [0.15, 0.2) is 0 Å². The number of benzene rings is 2. The van der Waals surface area contributed by atoms with Crippen LogP contribution in [0.25, 0.3) is 5.69 Å². The summed E-state index contributed by atoms with van der Waals surface area (Å²) in [6.07, 6.45) is 0. The Morgan fingerprint density at radius 2 is 2.04 bits per heavy atom. The number of thioether (sulfide) groups is 1. The fourth-order valence-corrected chi connectivity index (χ4v) is 3.45. The molecule has 1 heterocycles. The third-order valence-corrected chi connectivity index (χ3v) is 5.25. The van der Waals surface area contributed by atoms with Crippen molar-refractivity contribution in [2.75, 3.05) is 12.9 Å². The van der Waals surface area contributed by atoms with Crippen molar-refractivity contribution in [1.29, 1.82) is 0 Å². The molecule has 0 aliphatic rings. The number of methoxy groups -OCH3 is 1. The maximum Gasteiger partial charge on any atom is 0.230 e. The first-order valence-corrected chi connectivity index (χ1v) is 9.95. The summed E-state index contributed by atoms with van der Waals surface area (Å²) in [6.45, 7) is 3.90. The first-order chi connectivity index (χ1) is 13.5. The molecule has 2 aromatic carbocycles. The molecule has 28 heavy (non-hydrogen) atoms. The van der Waals surface area contributed by atoms with E-state index in [-0.39, 0.29) is 17.7 Å². The number of rotatable bonds is 7. The Balaban J connectivity index is 1.66. The fourth-order valence-electron chi connectivity index (χ4n) is 2.63. The molecule has 0 saturated carbocycles. The number of halogens is 1. The number of amides is 1. The fraction of sp³-hybridized carbons (Fsp3) is 0.263. The molecule has 0 bridgehead atoms. The van der Waals surface area contributed by atoms with Crippen molar-refractivity contribution in [1.82, 2.24) is 25.5 Å². The quantitative estimate of drug-likeness (QED) is 0.591. The Kier molecular flexibility index (Phi) is 6.53. The van der Waals surface area contributed by atoms with E-state index in [1.165, 1.54) is 11.8 Å². The summed E-state index contributed by atoms with van der Waals surface area (Å²) >= 11 is 7.16. The lowest BCUT2D eigenvalue weighted by Crippen LogP contribution is -2.28. The Morgan fingerprint density at radius 1 is 1.29 bits per heavy atom. The van der Waals surface area contributed by atoms with Crippen LogP contribution in [-0.2, 0) is 4.79 Å². The number of ether oxygens (including phenoxy) is 1. The number of nitrogens with one attached hydrogen (secondary N) is 1. The predicted octanol–water partition coefficient (Wildman–Crippen LogP) is 3.60. The summed E-state index contributed by atoms with van der Waals surface area (Å²) in [6, 6.07) is 13.0. The summed E-state index contributed by atoms with van der Waals surface area (Å²) in [4.78, 5) is 12.4. The standard InChI is InChI=1S/C19H20ClN5O2S/c1-12-4-9-17(27-3)16(10-12)25-19(22-23-24-25)28-11-18(26)21-13(2)14-5-7-15(20)8-6-14/h4-10,13H,11H2,1-3H3,(H,21,26)/t13-/m0/s1. The number of carbonyl (C=O) groups excluding carboxylic acids is 1. The molecule has 1 N–H and O–H groups in total. The number of hydrogen-bond acceptors (Lipinski definition) is 6. The van der Waals surface area contributed by atoms with Gasteiger partial charge in [-0.2, -0.15) is 4.68 Å². The van der Waals surface area contributed by atoms with Crippen LogP contribution >= 0.6 is 23.4 Å². The Hall–Kier alpha value is -2.58. The normalized spacial score (nSPS) is 11.9. The monoisotopic (exact) mass is 417 g/mol. The molecule has 3 aromatic rings. The van der Waals surface area contributed by atoms with Gasteiger partial charge in [0.25, 0.3) is 0 Å². The molecule has 7 nitrogen and oxygen atoms in total. The van der Waals surface area contributed by atoms with Gasteiger partial charge < -0.3 is 10.1 Å². The highest BCUT2D eigenvalue weighted by atomic mass is 35.5. The van der Waals surface area contributed by atoms with E-state index in [0.717, 1.165) is 16.8 Å². The van der Waals surface area contributed by atoms with Gasteiger partial charge in [-0.3, -0.25) is 4.79 Å². The van der Waals surface area contributed by atoms with Gasteiger partial charge in [-0.15, -0.1) is 5.10 Å². The molecular formula is C19H20ClN5O2S. The molecule has 1 aromatic heterocycles. The van der Waals surface area contributed by atoms with Crippen LogP contribution in [0.1, 0.15) is 24.1 Å². The number of carbonyl (C=O) groups is 1. The van der Waals surface area contributed by atoms with Crippen LogP contribution in [0.15, 0.2) is 47.6 Å². The smallest absolute Gasteiger partial charge is 0.230 e. The second-order valence-electron chi connectivity index (χ2n) is 6.18. The summed E-state index contributed by atoms with van der Waals surface area (Å²) in [5.74, 6) is 0.727. The van der Waals surface area contributed by atoms with Crippen LogP contribution < -0.4 is 10.1 Å². The summed E-state index contributed by atoms with van der Waals surface area (Å²) in [5, 5.41) is 16.0. The Morgan fingerprint density at radius 3 is 2.75 bits per heavy atom. The van der Waals surface area contributed by atoms with Crippen molar-refractivity contribution < 1.29 is 9.53 Å². The summed E-state index contributed by atoms with van der Waals surface area (Å²) < 4.78 is 6.98. The maximum absolute atomic E-state index is 12.4. The second kappa shape index (κ2) is 9.07. The first kappa shape index (κ1) is 20.2. The molecule has 0 radical (unpaired) electrons. The van der Waals surface area contributed by atoms with Crippen molar-refractivity contribution in [2.24, 2.45) is 0 Å². The summed E-state index contributed by atoms with van der Waals surface area (Å²) in [5.41, 5.74) is 2.76. The van der Waals surface area contributed by atoms with Gasteiger partial charge >= 0.3 is 0 Å². The van der Waals surface area contributed by atoms with Crippen molar-refractivity contribution >= 4 is 29.3 Å². The molecule has 0 aliphatic heterocycles. The number of nitrogens with zero attached hydrogens (tertiary/aromatic N) is 4. The Labute approximate surface area is 172 Å². The average molecular weight is 418 g/mol. The highest BCUT2D eigenvalue weighted by Gasteiger charge is 2.16. The topological polar surface area (TPSA) is 81.9 Å². The molecule has 146 valence electrons. The first-order valence-electron chi connectivity index (χ1n) is 8.59. The van der Waals surface area contributed by atoms with Crippen molar-refractivity contribution in [3.05, 3.63) is 58.6 Å². The lowest BCUT2D eigenvalue weighted by Gasteiger charge is -2.14. The van der Waals surface area contributed by atoms with Gasteiger partial charge in [-0.25, -0.2) is 0 Å². The highest BCUT2D eigenvalue weighted by molar-refractivity contribution is 7.99. The maximum atomic E-state index is 12.4. The molecule has 0 unspecified atom stereocenters. The number of aromatic nitrogens is 4. The van der Waals surface area contributed by atoms with Gasteiger partial charge in [-0.05, 0) is 59.7 Å². The lowest BCUT2D eigenvalue weighted by molar-refractivity contribution is -0.119. The molecule has 0 spiro atoms. The SMILES string of the molecule is COc1ccc(C)cc1-n1nnnc1SCC(=O)N[C@@H](C)c1ccc(Cl)cc1. The third kappa shape index (κ3) is 4.82. The summed E-state index contributed by atoms with van der Waals surface area (Å²) in [7, 11) is 1.59. The van der Waals surface area contributed by atoms with E-state index in [2.05, 4.69) is 20.8 Å². The van der Waals surface area contributed by atoms with E-state index in [1.54, 1.807) is 23.9 Å². The van der Waals surface area contributed by atoms with Crippen LogP contribution in [-0.4, -0.2) is 39.0 Å². The van der Waals surface area contributed by atoms with Crippen molar-refractivity contribution in [3.8, 4) is 11.4 Å². The van der Waals surface area contributed by atoms with Gasteiger partial charge in [0.05, 0.1) is 18.9 Å². The van der Waals surface area contributed by atoms with Gasteiger partial charge in [0, 0.05) is 5.02 Å². The van der Waals surface area contributed by atoms with E-state index >= 15 is 0 Å². The zero-order valence-corrected chi connectivity index (χ0v) is 17.3. The van der Waals surface area contributed by atoms with E-state index in [1.807, 2.05) is 44.2 Å². The lowest BCUT2D eigenvalue weighted by atomic mass is 10.1. The molecule has 0 aliphatic carbocycles. The molecule has 9 heteroatoms. The molecule has 0 saturated heterocycles. The number of tetrazole rings is 1. The van der Waals surface area contributed by atoms with E-state index < -0.39 is 0 Å². The van der Waals surface area contributed by atoms with E-state index in [4.69, 9.17) is 16.3 Å². The minimum Gasteiger partial charge on any atom is -0.494 e. The van der Waals surface area contributed by atoms with Gasteiger partial charge in [0.1, 0.15) is 11.4 Å². The van der Waals surface area contributed by atoms with Crippen LogP contribution in [0, 0.1) is 6.92 Å². The molecule has 1 atom stereocenters. The van der Waals surface area contributed by atoms with Crippen molar-refractivity contribution in [2.45, 2.75) is 25.0 Å². The van der Waals surface area contributed by atoms with Crippen LogP contribution in [0.4, 0.5) is 0 Å². The van der Waals surface area contributed by atoms with E-state index in [0.29, 0.717) is 15.9 Å². The minimum absolute atomic E-state index is 0.113. The largest absolute Gasteiger partial charge is 0.494 e. The van der Waals surface area contributed by atoms with Crippen LogP contribution in [0.5, 0.6) is 5.75 Å². The predicted molar refractivity (Wildman–Crippen MR) is 109 cm³/mol. The second-order valence-corrected chi connectivity index (χ2v) is 7.56. The van der Waals surface area contributed by atoms with E-state index in [9.17, 15) is 4.79 Å². The average Bonchev–Trinajstić information content (AvgIpc) is 3.15. The van der Waals surface area contributed by atoms with Gasteiger partial charge in [0.2, 0.25) is 11.1 Å². The molecule has 0 fully saturated rings. The molecular weight excluding hydrogens is 398 g/mol. The van der Waals surface area contributed by atoms with Crippen molar-refractivity contribution in [3.63, 3.8) is 0 Å².